The summed E-state index contributed by atoms with van der Waals surface area (Å²) in [5.41, 5.74) is -0.811. The van der Waals surface area contributed by atoms with Gasteiger partial charge in [0.2, 0.25) is 6.08 Å². The Morgan fingerprint density at radius 3 is 2.53 bits per heavy atom. The van der Waals surface area contributed by atoms with E-state index in [4.69, 9.17) is 0 Å². The van der Waals surface area contributed by atoms with E-state index >= 15 is 0 Å². The standard InChI is InChI=1S/C12H18N2O/c1-11(2,3)10-6-4-5-7-12(10,8-13)14-9-15/h10H,4-7H2,1-3H3. The maximum Gasteiger partial charge on any atom is 0.236 e. The first kappa shape index (κ1) is 11.9. The molecule has 0 amide bonds. The molecule has 1 saturated carbocycles. The highest BCUT2D eigenvalue weighted by molar-refractivity contribution is 5.38. The van der Waals surface area contributed by atoms with Crippen LogP contribution >= 0.6 is 0 Å². The van der Waals surface area contributed by atoms with Crippen molar-refractivity contribution in [3.63, 3.8) is 0 Å². The van der Waals surface area contributed by atoms with Crippen LogP contribution in [0.15, 0.2) is 4.99 Å². The minimum absolute atomic E-state index is 0.0104. The lowest BCUT2D eigenvalue weighted by molar-refractivity contribution is 0.116. The number of carbonyl (C=O) groups excluding carboxylic acids is 1. The normalized spacial score (nSPS) is 31.5. The molecule has 15 heavy (non-hydrogen) atoms. The molecule has 0 saturated heterocycles. The number of hydrogen-bond acceptors (Lipinski definition) is 3. The number of hydrogen-bond donors (Lipinski definition) is 0. The molecule has 82 valence electrons. The summed E-state index contributed by atoms with van der Waals surface area (Å²) in [7, 11) is 0. The second-order valence-electron chi connectivity index (χ2n) is 5.40. The van der Waals surface area contributed by atoms with Crippen LogP contribution in [0, 0.1) is 22.7 Å². The smallest absolute Gasteiger partial charge is 0.211 e. The van der Waals surface area contributed by atoms with Gasteiger partial charge in [-0.3, -0.25) is 0 Å². The van der Waals surface area contributed by atoms with Gasteiger partial charge in [-0.1, -0.05) is 27.2 Å². The van der Waals surface area contributed by atoms with Crippen LogP contribution in [0.25, 0.3) is 0 Å². The molecule has 1 aliphatic carbocycles. The van der Waals surface area contributed by atoms with Crippen molar-refractivity contribution in [2.24, 2.45) is 16.3 Å². The van der Waals surface area contributed by atoms with Gasteiger partial charge in [-0.15, -0.1) is 0 Å². The second kappa shape index (κ2) is 4.16. The van der Waals surface area contributed by atoms with E-state index in [1.165, 1.54) is 0 Å². The van der Waals surface area contributed by atoms with Gasteiger partial charge in [-0.2, -0.15) is 10.3 Å². The molecule has 0 aromatic heterocycles. The summed E-state index contributed by atoms with van der Waals surface area (Å²) in [5.74, 6) is 0.158. The zero-order valence-corrected chi connectivity index (χ0v) is 9.71. The Balaban J connectivity index is 3.11. The number of nitrogens with zero attached hydrogens (tertiary/aromatic N) is 2. The summed E-state index contributed by atoms with van der Waals surface area (Å²) in [4.78, 5) is 14.3. The minimum atomic E-state index is -0.821. The Morgan fingerprint density at radius 1 is 1.40 bits per heavy atom. The molecule has 0 bridgehead atoms. The molecule has 0 aromatic carbocycles. The second-order valence-corrected chi connectivity index (χ2v) is 5.40. The highest BCUT2D eigenvalue weighted by atomic mass is 16.1. The monoisotopic (exact) mass is 206 g/mol. The summed E-state index contributed by atoms with van der Waals surface area (Å²) in [6, 6.07) is 2.25. The lowest BCUT2D eigenvalue weighted by Crippen LogP contribution is -2.44. The van der Waals surface area contributed by atoms with E-state index in [9.17, 15) is 10.1 Å². The fraction of sp³-hybridized carbons (Fsp3) is 0.833. The third-order valence-electron chi connectivity index (χ3n) is 3.36. The maximum absolute atomic E-state index is 10.5. The van der Waals surface area contributed by atoms with E-state index in [2.05, 4.69) is 31.8 Å². The summed E-state index contributed by atoms with van der Waals surface area (Å²) in [5, 5.41) is 9.28. The number of isocyanates is 1. The molecule has 1 aliphatic rings. The fourth-order valence-corrected chi connectivity index (χ4v) is 2.68. The van der Waals surface area contributed by atoms with E-state index in [0.717, 1.165) is 19.3 Å². The molecule has 2 atom stereocenters. The quantitative estimate of drug-likeness (QED) is 0.489. The zero-order chi connectivity index (χ0) is 11.5. The van der Waals surface area contributed by atoms with Crippen LogP contribution in [0.5, 0.6) is 0 Å². The average Bonchev–Trinajstić information content (AvgIpc) is 2.17. The first-order chi connectivity index (χ1) is 6.96. The number of nitriles is 1. The van der Waals surface area contributed by atoms with Crippen molar-refractivity contribution in [1.29, 1.82) is 5.26 Å². The third kappa shape index (κ3) is 2.27. The third-order valence-corrected chi connectivity index (χ3v) is 3.36. The molecular weight excluding hydrogens is 188 g/mol. The van der Waals surface area contributed by atoms with Gasteiger partial charge in [0.25, 0.3) is 0 Å². The van der Waals surface area contributed by atoms with Crippen LogP contribution in [0.2, 0.25) is 0 Å². The Hall–Kier alpha value is -1.13. The molecule has 0 radical (unpaired) electrons. The van der Waals surface area contributed by atoms with Gasteiger partial charge in [-0.25, -0.2) is 4.79 Å². The summed E-state index contributed by atoms with van der Waals surface area (Å²) in [6.07, 6.45) is 5.36. The van der Waals surface area contributed by atoms with Crippen LogP contribution in [0.1, 0.15) is 46.5 Å². The van der Waals surface area contributed by atoms with Crippen LogP contribution in [-0.4, -0.2) is 11.6 Å². The number of rotatable bonds is 1. The molecule has 0 N–H and O–H groups in total. The van der Waals surface area contributed by atoms with Crippen molar-refractivity contribution in [1.82, 2.24) is 0 Å². The molecule has 3 nitrogen and oxygen atoms in total. The maximum atomic E-state index is 10.5. The molecule has 2 unspecified atom stereocenters. The number of aliphatic imine (C=N–C) groups is 1. The van der Waals surface area contributed by atoms with Gasteiger partial charge in [0.15, 0.2) is 5.54 Å². The largest absolute Gasteiger partial charge is 0.236 e. The van der Waals surface area contributed by atoms with Gasteiger partial charge in [0.1, 0.15) is 0 Å². The van der Waals surface area contributed by atoms with E-state index in [1.54, 1.807) is 6.08 Å². The highest BCUT2D eigenvalue weighted by Crippen LogP contribution is 2.45. The molecular formula is C12H18N2O. The predicted octanol–water partition coefficient (Wildman–Crippen LogP) is 2.82. The summed E-state index contributed by atoms with van der Waals surface area (Å²) >= 11 is 0. The van der Waals surface area contributed by atoms with Gasteiger partial charge in [0, 0.05) is 5.92 Å². The van der Waals surface area contributed by atoms with Crippen molar-refractivity contribution in [2.75, 3.05) is 0 Å². The highest BCUT2D eigenvalue weighted by Gasteiger charge is 2.46. The lowest BCUT2D eigenvalue weighted by Gasteiger charge is -2.42. The predicted molar refractivity (Wildman–Crippen MR) is 57.9 cm³/mol. The van der Waals surface area contributed by atoms with Crippen LogP contribution in [0.3, 0.4) is 0 Å². The van der Waals surface area contributed by atoms with Crippen LogP contribution < -0.4 is 0 Å². The van der Waals surface area contributed by atoms with Crippen molar-refractivity contribution < 1.29 is 4.79 Å². The first-order valence-electron chi connectivity index (χ1n) is 5.46. The fourth-order valence-electron chi connectivity index (χ4n) is 2.68. The average molecular weight is 206 g/mol. The van der Waals surface area contributed by atoms with E-state index in [1.807, 2.05) is 0 Å². The molecule has 0 aliphatic heterocycles. The van der Waals surface area contributed by atoms with Gasteiger partial charge in [-0.05, 0) is 24.7 Å². The van der Waals surface area contributed by atoms with Crippen molar-refractivity contribution in [3.8, 4) is 6.07 Å². The van der Waals surface area contributed by atoms with Crippen LogP contribution in [-0.2, 0) is 4.79 Å². The van der Waals surface area contributed by atoms with E-state index < -0.39 is 5.54 Å². The SMILES string of the molecule is CC(C)(C)C1CCCCC1(C#N)N=C=O. The Labute approximate surface area is 91.2 Å². The molecule has 1 fully saturated rings. The van der Waals surface area contributed by atoms with Gasteiger partial charge in [0.05, 0.1) is 6.07 Å². The van der Waals surface area contributed by atoms with Gasteiger partial charge >= 0.3 is 0 Å². The topological polar surface area (TPSA) is 53.2 Å². The molecule has 0 aromatic rings. The molecule has 0 spiro atoms. The van der Waals surface area contributed by atoms with E-state index in [0.29, 0.717) is 6.42 Å². The minimum Gasteiger partial charge on any atom is -0.211 e. The van der Waals surface area contributed by atoms with Crippen molar-refractivity contribution in [3.05, 3.63) is 0 Å². The Kier molecular flexibility index (Phi) is 3.31. The van der Waals surface area contributed by atoms with Crippen molar-refractivity contribution in [2.45, 2.75) is 52.0 Å². The van der Waals surface area contributed by atoms with Gasteiger partial charge < -0.3 is 0 Å². The van der Waals surface area contributed by atoms with Crippen molar-refractivity contribution >= 4 is 6.08 Å². The molecule has 3 heteroatoms. The Bertz CT molecular complexity index is 317. The van der Waals surface area contributed by atoms with Crippen LogP contribution in [0.4, 0.5) is 0 Å². The molecule has 0 heterocycles. The Morgan fingerprint density at radius 2 is 2.07 bits per heavy atom. The lowest BCUT2D eigenvalue weighted by atomic mass is 9.63. The van der Waals surface area contributed by atoms with E-state index in [-0.39, 0.29) is 11.3 Å². The summed E-state index contributed by atoms with van der Waals surface area (Å²) < 4.78 is 0. The summed E-state index contributed by atoms with van der Waals surface area (Å²) in [6.45, 7) is 6.32. The first-order valence-corrected chi connectivity index (χ1v) is 5.46. The zero-order valence-electron chi connectivity index (χ0n) is 9.71. The molecule has 1 rings (SSSR count).